The molecule has 0 spiro atoms. The first kappa shape index (κ1) is 13.4. The molecule has 2 unspecified atom stereocenters. The number of hydrogen-bond acceptors (Lipinski definition) is 3. The Hall–Kier alpha value is -1.06. The molecule has 1 aliphatic rings. The molecule has 1 aromatic carbocycles. The van der Waals surface area contributed by atoms with Gasteiger partial charge in [-0.1, -0.05) is 18.6 Å². The molecule has 2 atom stereocenters. The SMILES string of the molecule is CC1CCCCN1CCC(O)c1cccc(N)c1. The van der Waals surface area contributed by atoms with Gasteiger partial charge in [-0.2, -0.15) is 0 Å². The van der Waals surface area contributed by atoms with Gasteiger partial charge in [0.05, 0.1) is 6.10 Å². The molecule has 2 rings (SSSR count). The second-order valence-corrected chi connectivity index (χ2v) is 5.36. The van der Waals surface area contributed by atoms with E-state index in [2.05, 4.69) is 11.8 Å². The van der Waals surface area contributed by atoms with Crippen molar-refractivity contribution < 1.29 is 5.11 Å². The van der Waals surface area contributed by atoms with Gasteiger partial charge in [0.1, 0.15) is 0 Å². The van der Waals surface area contributed by atoms with Crippen LogP contribution >= 0.6 is 0 Å². The quantitative estimate of drug-likeness (QED) is 0.805. The van der Waals surface area contributed by atoms with Crippen LogP contribution < -0.4 is 5.73 Å². The number of hydrogen-bond donors (Lipinski definition) is 2. The maximum absolute atomic E-state index is 10.2. The third kappa shape index (κ3) is 3.47. The predicted octanol–water partition coefficient (Wildman–Crippen LogP) is 2.57. The first-order valence-electron chi connectivity index (χ1n) is 6.94. The molecule has 100 valence electrons. The minimum absolute atomic E-state index is 0.400. The Bertz CT molecular complexity index is 381. The Labute approximate surface area is 110 Å². The molecule has 1 aromatic rings. The van der Waals surface area contributed by atoms with E-state index in [1.165, 1.54) is 25.8 Å². The van der Waals surface area contributed by atoms with E-state index in [9.17, 15) is 5.11 Å². The van der Waals surface area contributed by atoms with Crippen molar-refractivity contribution in [1.29, 1.82) is 0 Å². The van der Waals surface area contributed by atoms with Gasteiger partial charge < -0.3 is 15.7 Å². The zero-order valence-corrected chi connectivity index (χ0v) is 11.2. The van der Waals surface area contributed by atoms with E-state index in [0.29, 0.717) is 6.04 Å². The van der Waals surface area contributed by atoms with Crippen molar-refractivity contribution in [2.24, 2.45) is 0 Å². The summed E-state index contributed by atoms with van der Waals surface area (Å²) in [6.45, 7) is 4.42. The zero-order valence-electron chi connectivity index (χ0n) is 11.2. The van der Waals surface area contributed by atoms with Gasteiger partial charge in [-0.05, 0) is 50.4 Å². The number of aliphatic hydroxyl groups excluding tert-OH is 1. The van der Waals surface area contributed by atoms with Crippen molar-refractivity contribution in [2.75, 3.05) is 18.8 Å². The standard InChI is InChI=1S/C15H24N2O/c1-12-5-2-3-9-17(12)10-8-15(18)13-6-4-7-14(16)11-13/h4,6-7,11-12,15,18H,2-3,5,8-10,16H2,1H3. The molecule has 0 bridgehead atoms. The molecule has 3 nitrogen and oxygen atoms in total. The van der Waals surface area contributed by atoms with Gasteiger partial charge in [0.25, 0.3) is 0 Å². The summed E-state index contributed by atoms with van der Waals surface area (Å²) in [5.41, 5.74) is 7.39. The number of nitrogens with zero attached hydrogens (tertiary/aromatic N) is 1. The summed E-state index contributed by atoms with van der Waals surface area (Å²) in [6, 6.07) is 8.22. The van der Waals surface area contributed by atoms with E-state index < -0.39 is 6.10 Å². The Kier molecular flexibility index (Phi) is 4.61. The third-order valence-electron chi connectivity index (χ3n) is 3.93. The number of anilines is 1. The highest BCUT2D eigenvalue weighted by Gasteiger charge is 2.19. The highest BCUT2D eigenvalue weighted by atomic mass is 16.3. The van der Waals surface area contributed by atoms with Crippen LogP contribution in [0.3, 0.4) is 0 Å². The van der Waals surface area contributed by atoms with E-state index in [4.69, 9.17) is 5.73 Å². The molecule has 3 heteroatoms. The van der Waals surface area contributed by atoms with E-state index in [-0.39, 0.29) is 0 Å². The first-order valence-corrected chi connectivity index (χ1v) is 6.94. The summed E-state index contributed by atoms with van der Waals surface area (Å²) in [4.78, 5) is 2.49. The smallest absolute Gasteiger partial charge is 0.0803 e. The average Bonchev–Trinajstić information content (AvgIpc) is 2.37. The Balaban J connectivity index is 1.86. The van der Waals surface area contributed by atoms with Crippen LogP contribution in [0.2, 0.25) is 0 Å². The van der Waals surface area contributed by atoms with Gasteiger partial charge >= 0.3 is 0 Å². The summed E-state index contributed by atoms with van der Waals surface area (Å²) < 4.78 is 0. The second-order valence-electron chi connectivity index (χ2n) is 5.36. The summed E-state index contributed by atoms with van der Waals surface area (Å²) in [5, 5.41) is 10.2. The highest BCUT2D eigenvalue weighted by Crippen LogP contribution is 2.22. The normalized spacial score (nSPS) is 22.9. The molecule has 1 aliphatic heterocycles. The number of aliphatic hydroxyl groups is 1. The molecule has 1 heterocycles. The lowest BCUT2D eigenvalue weighted by molar-refractivity contribution is 0.109. The summed E-state index contributed by atoms with van der Waals surface area (Å²) in [7, 11) is 0. The van der Waals surface area contributed by atoms with Crippen molar-refractivity contribution >= 4 is 5.69 Å². The van der Waals surface area contributed by atoms with Gasteiger partial charge in [0.15, 0.2) is 0 Å². The average molecular weight is 248 g/mol. The van der Waals surface area contributed by atoms with Crippen LogP contribution in [-0.4, -0.2) is 29.1 Å². The van der Waals surface area contributed by atoms with E-state index in [0.717, 1.165) is 24.2 Å². The van der Waals surface area contributed by atoms with Crippen molar-refractivity contribution in [3.05, 3.63) is 29.8 Å². The molecule has 1 saturated heterocycles. The Morgan fingerprint density at radius 3 is 3.00 bits per heavy atom. The fourth-order valence-corrected chi connectivity index (χ4v) is 2.71. The Morgan fingerprint density at radius 2 is 2.28 bits per heavy atom. The second kappa shape index (κ2) is 6.21. The fourth-order valence-electron chi connectivity index (χ4n) is 2.71. The molecule has 0 aliphatic carbocycles. The van der Waals surface area contributed by atoms with Crippen LogP contribution in [0.5, 0.6) is 0 Å². The van der Waals surface area contributed by atoms with Gasteiger partial charge in [0, 0.05) is 18.3 Å². The van der Waals surface area contributed by atoms with Crippen molar-refractivity contribution in [2.45, 2.75) is 44.8 Å². The molecule has 0 saturated carbocycles. The molecule has 0 amide bonds. The third-order valence-corrected chi connectivity index (χ3v) is 3.93. The minimum atomic E-state index is -0.400. The van der Waals surface area contributed by atoms with E-state index in [1.54, 1.807) is 0 Å². The number of nitrogen functional groups attached to an aromatic ring is 1. The molecular formula is C15H24N2O. The van der Waals surface area contributed by atoms with Crippen LogP contribution in [0.4, 0.5) is 5.69 Å². The van der Waals surface area contributed by atoms with Crippen LogP contribution in [0.25, 0.3) is 0 Å². The number of piperidine rings is 1. The van der Waals surface area contributed by atoms with Crippen molar-refractivity contribution in [1.82, 2.24) is 4.90 Å². The minimum Gasteiger partial charge on any atom is -0.399 e. The maximum atomic E-state index is 10.2. The Morgan fingerprint density at radius 1 is 1.44 bits per heavy atom. The van der Waals surface area contributed by atoms with Crippen LogP contribution in [0.15, 0.2) is 24.3 Å². The van der Waals surface area contributed by atoms with Gasteiger partial charge in [0.2, 0.25) is 0 Å². The lowest BCUT2D eigenvalue weighted by Crippen LogP contribution is -2.38. The lowest BCUT2D eigenvalue weighted by atomic mass is 10.0. The predicted molar refractivity (Wildman–Crippen MR) is 75.3 cm³/mol. The van der Waals surface area contributed by atoms with Gasteiger partial charge in [-0.25, -0.2) is 0 Å². The van der Waals surface area contributed by atoms with E-state index in [1.807, 2.05) is 24.3 Å². The molecule has 0 aromatic heterocycles. The van der Waals surface area contributed by atoms with E-state index >= 15 is 0 Å². The van der Waals surface area contributed by atoms with Crippen molar-refractivity contribution in [3.8, 4) is 0 Å². The zero-order chi connectivity index (χ0) is 13.0. The summed E-state index contributed by atoms with van der Waals surface area (Å²) in [6.07, 6.45) is 4.30. The molecule has 0 radical (unpaired) electrons. The molecule has 18 heavy (non-hydrogen) atoms. The number of rotatable bonds is 4. The molecular weight excluding hydrogens is 224 g/mol. The highest BCUT2D eigenvalue weighted by molar-refractivity contribution is 5.41. The van der Waals surface area contributed by atoms with Gasteiger partial charge in [-0.15, -0.1) is 0 Å². The number of benzene rings is 1. The first-order chi connectivity index (χ1) is 8.66. The van der Waals surface area contributed by atoms with Crippen LogP contribution in [-0.2, 0) is 0 Å². The van der Waals surface area contributed by atoms with Crippen LogP contribution in [0.1, 0.15) is 44.3 Å². The van der Waals surface area contributed by atoms with Gasteiger partial charge in [-0.3, -0.25) is 0 Å². The molecule has 3 N–H and O–H groups in total. The largest absolute Gasteiger partial charge is 0.399 e. The molecule has 1 fully saturated rings. The summed E-state index contributed by atoms with van der Waals surface area (Å²) in [5.74, 6) is 0. The monoisotopic (exact) mass is 248 g/mol. The maximum Gasteiger partial charge on any atom is 0.0803 e. The summed E-state index contributed by atoms with van der Waals surface area (Å²) >= 11 is 0. The van der Waals surface area contributed by atoms with Crippen LogP contribution in [0, 0.1) is 0 Å². The number of likely N-dealkylation sites (tertiary alicyclic amines) is 1. The fraction of sp³-hybridized carbons (Fsp3) is 0.600. The topological polar surface area (TPSA) is 49.5 Å². The lowest BCUT2D eigenvalue weighted by Gasteiger charge is -2.33. The number of nitrogens with two attached hydrogens (primary N) is 1. The van der Waals surface area contributed by atoms with Crippen molar-refractivity contribution in [3.63, 3.8) is 0 Å².